The third-order valence-electron chi connectivity index (χ3n) is 9.67. The molecule has 0 spiro atoms. The normalized spacial score (nSPS) is 14.3. The zero-order valence-corrected chi connectivity index (χ0v) is 35.7. The Labute approximate surface area is 336 Å². The molecule has 316 valence electrons. The van der Waals surface area contributed by atoms with Gasteiger partial charge in [-0.3, -0.25) is 14.6 Å². The highest BCUT2D eigenvalue weighted by Crippen LogP contribution is 2.42. The van der Waals surface area contributed by atoms with Crippen LogP contribution in [0, 0.1) is 37.4 Å². The van der Waals surface area contributed by atoms with Gasteiger partial charge in [-0.1, -0.05) is 54.4 Å². The summed E-state index contributed by atoms with van der Waals surface area (Å²) in [4.78, 5) is 33.0. The summed E-state index contributed by atoms with van der Waals surface area (Å²) in [6.07, 6.45) is 4.80. The second kappa shape index (κ2) is 23.5. The van der Waals surface area contributed by atoms with Crippen LogP contribution in [0.4, 0.5) is 24.5 Å². The van der Waals surface area contributed by atoms with Gasteiger partial charge in [0.15, 0.2) is 23.1 Å². The van der Waals surface area contributed by atoms with Crippen molar-refractivity contribution in [3.8, 4) is 23.1 Å². The summed E-state index contributed by atoms with van der Waals surface area (Å²) in [5, 5.41) is 2.41. The van der Waals surface area contributed by atoms with Crippen molar-refractivity contribution in [1.29, 1.82) is 0 Å². The largest absolute Gasteiger partial charge is 0.586 e. The quantitative estimate of drug-likeness (QED) is 0.106. The van der Waals surface area contributed by atoms with Gasteiger partial charge in [0.2, 0.25) is 0 Å². The van der Waals surface area contributed by atoms with Crippen LogP contribution in [0.1, 0.15) is 125 Å². The molecule has 0 saturated carbocycles. The smallest absolute Gasteiger partial charge is 0.496 e. The summed E-state index contributed by atoms with van der Waals surface area (Å²) in [7, 11) is 4.61. The van der Waals surface area contributed by atoms with E-state index >= 15 is 0 Å². The van der Waals surface area contributed by atoms with Crippen LogP contribution in [0.2, 0.25) is 0 Å². The van der Waals surface area contributed by atoms with Crippen molar-refractivity contribution in [2.45, 2.75) is 114 Å². The predicted octanol–water partition coefficient (Wildman–Crippen LogP) is 11.7. The molecular formula is C44H62F3N3O7. The number of carbonyl (C=O) groups is 2. The number of ketones is 1. The van der Waals surface area contributed by atoms with Crippen LogP contribution in [0.3, 0.4) is 0 Å². The van der Waals surface area contributed by atoms with Crippen molar-refractivity contribution >= 4 is 28.8 Å². The third kappa shape index (κ3) is 14.7. The fourth-order valence-corrected chi connectivity index (χ4v) is 6.18. The van der Waals surface area contributed by atoms with Gasteiger partial charge in [0.05, 0.1) is 31.0 Å². The Hall–Kier alpha value is -4.65. The number of pyridine rings is 1. The number of anilines is 1. The highest BCUT2D eigenvalue weighted by atomic mass is 19.3. The number of rotatable bonds is 17. The first-order chi connectivity index (χ1) is 27.0. The minimum absolute atomic E-state index is 0.134. The lowest BCUT2D eigenvalue weighted by Crippen LogP contribution is -2.25. The zero-order chi connectivity index (χ0) is 42.9. The highest BCUT2D eigenvalue weighted by Gasteiger charge is 2.43. The minimum Gasteiger partial charge on any atom is -0.496 e. The SMILES string of the molecule is CCC(C)C(C)CC(C)COC.CCCCC(C)=Nc1ccc(OC)c(C(=O)CCC)c1C.COc1ncc(C)c(C(=O)Nc2ccc3c(c2)OC(F)(F)O3)c1F. The van der Waals surface area contributed by atoms with E-state index in [0.717, 1.165) is 67.2 Å². The molecular weight excluding hydrogens is 739 g/mol. The van der Waals surface area contributed by atoms with E-state index < -0.39 is 18.0 Å². The Bertz CT molecular complexity index is 1800. The number of ether oxygens (including phenoxy) is 5. The molecule has 1 aliphatic rings. The van der Waals surface area contributed by atoms with Crippen molar-refractivity contribution in [3.63, 3.8) is 0 Å². The van der Waals surface area contributed by atoms with Crippen LogP contribution in [-0.2, 0) is 4.74 Å². The molecule has 57 heavy (non-hydrogen) atoms. The number of methoxy groups -OCH3 is 3. The topological polar surface area (TPSA) is 118 Å². The minimum atomic E-state index is -3.76. The molecule has 2 heterocycles. The summed E-state index contributed by atoms with van der Waals surface area (Å²) >= 11 is 0. The summed E-state index contributed by atoms with van der Waals surface area (Å²) in [6.45, 7) is 19.8. The van der Waals surface area contributed by atoms with E-state index in [-0.39, 0.29) is 40.0 Å². The van der Waals surface area contributed by atoms with Crippen LogP contribution in [0.25, 0.3) is 0 Å². The van der Waals surface area contributed by atoms with E-state index in [9.17, 15) is 22.8 Å². The maximum atomic E-state index is 14.2. The molecule has 1 aliphatic heterocycles. The number of nitrogens with one attached hydrogen (secondary N) is 1. The highest BCUT2D eigenvalue weighted by molar-refractivity contribution is 6.06. The Morgan fingerprint density at radius 1 is 0.912 bits per heavy atom. The lowest BCUT2D eigenvalue weighted by Gasteiger charge is -2.21. The first-order valence-corrected chi connectivity index (χ1v) is 19.6. The molecule has 3 atom stereocenters. The Morgan fingerprint density at radius 2 is 1.60 bits per heavy atom. The van der Waals surface area contributed by atoms with Crippen molar-refractivity contribution < 1.29 is 46.4 Å². The molecule has 4 rings (SSSR count). The molecule has 0 fully saturated rings. The molecule has 0 radical (unpaired) electrons. The number of aliphatic imine (C=N–C) groups is 1. The molecule has 0 aliphatic carbocycles. The molecule has 1 N–H and O–H groups in total. The number of hydrogen-bond donors (Lipinski definition) is 1. The molecule has 13 heteroatoms. The van der Waals surface area contributed by atoms with Gasteiger partial charge in [0.25, 0.3) is 11.8 Å². The monoisotopic (exact) mass is 801 g/mol. The van der Waals surface area contributed by atoms with Gasteiger partial charge in [0, 0.05) is 43.8 Å². The molecule has 0 saturated heterocycles. The molecule has 10 nitrogen and oxygen atoms in total. The van der Waals surface area contributed by atoms with E-state index in [0.29, 0.717) is 23.7 Å². The number of aryl methyl sites for hydroxylation is 1. The number of unbranched alkanes of at least 4 members (excludes halogenated alkanes) is 1. The first kappa shape index (κ1) is 48.5. The average Bonchev–Trinajstić information content (AvgIpc) is 3.48. The van der Waals surface area contributed by atoms with Crippen LogP contribution < -0.4 is 24.3 Å². The van der Waals surface area contributed by atoms with Crippen LogP contribution in [0.15, 0.2) is 41.5 Å². The van der Waals surface area contributed by atoms with Gasteiger partial charge in [-0.2, -0.15) is 0 Å². The van der Waals surface area contributed by atoms with Gasteiger partial charge in [0.1, 0.15) is 5.75 Å². The lowest BCUT2D eigenvalue weighted by molar-refractivity contribution is -0.286. The second-order valence-corrected chi connectivity index (χ2v) is 14.5. The predicted molar refractivity (Wildman–Crippen MR) is 220 cm³/mol. The maximum Gasteiger partial charge on any atom is 0.586 e. The molecule has 3 unspecified atom stereocenters. The van der Waals surface area contributed by atoms with Crippen molar-refractivity contribution in [3.05, 3.63) is 64.6 Å². The molecule has 1 amide bonds. The number of halogens is 3. The van der Waals surface area contributed by atoms with Gasteiger partial charge < -0.3 is 29.0 Å². The Kier molecular flexibility index (Phi) is 20.0. The molecule has 0 bridgehead atoms. The zero-order valence-electron chi connectivity index (χ0n) is 35.7. The fraction of sp³-hybridized carbons (Fsp3) is 0.545. The number of aromatic nitrogens is 1. The number of amides is 1. The summed E-state index contributed by atoms with van der Waals surface area (Å²) in [5.41, 5.74) is 3.76. The third-order valence-corrected chi connectivity index (χ3v) is 9.67. The number of fused-ring (bicyclic) bond motifs is 1. The average molecular weight is 802 g/mol. The number of carbonyl (C=O) groups excluding carboxylic acids is 2. The van der Waals surface area contributed by atoms with E-state index in [2.05, 4.69) is 59.4 Å². The van der Waals surface area contributed by atoms with Gasteiger partial charge in [-0.05, 0) is 99.6 Å². The number of benzene rings is 2. The van der Waals surface area contributed by atoms with Gasteiger partial charge >= 0.3 is 6.29 Å². The second-order valence-electron chi connectivity index (χ2n) is 14.5. The molecule has 2 aromatic carbocycles. The number of alkyl halides is 2. The standard InChI is InChI=1S/C18H27NO2.C15H11F3N2O4.C11H24O/c1-6-8-10-13(3)19-15-11-12-17(21-5)18(14(15)4)16(20)9-7-2;1-7-6-19-14(22-2)12(16)11(7)13(21)20-8-3-4-9-10(5-8)24-15(17,18)23-9;1-6-10(3)11(4)7-9(2)8-12-5/h11-12H,6-10H2,1-5H3;3-6H,1-2H3,(H,20,21);9-11H,6-8H2,1-5H3. The van der Waals surface area contributed by atoms with E-state index in [1.54, 1.807) is 14.2 Å². The van der Waals surface area contributed by atoms with Crippen LogP contribution >= 0.6 is 0 Å². The fourth-order valence-electron chi connectivity index (χ4n) is 6.18. The van der Waals surface area contributed by atoms with E-state index in [1.165, 1.54) is 45.2 Å². The Morgan fingerprint density at radius 3 is 2.19 bits per heavy atom. The summed E-state index contributed by atoms with van der Waals surface area (Å²) in [6, 6.07) is 7.48. The van der Waals surface area contributed by atoms with E-state index in [4.69, 9.17) is 14.2 Å². The molecule has 1 aromatic heterocycles. The van der Waals surface area contributed by atoms with Crippen LogP contribution in [0.5, 0.6) is 23.1 Å². The van der Waals surface area contributed by atoms with E-state index in [1.807, 2.05) is 32.9 Å². The van der Waals surface area contributed by atoms with Crippen molar-refractivity contribution in [2.24, 2.45) is 22.7 Å². The number of nitrogens with zero attached hydrogens (tertiary/aromatic N) is 2. The van der Waals surface area contributed by atoms with Crippen LogP contribution in [-0.4, -0.2) is 56.6 Å². The lowest BCUT2D eigenvalue weighted by atomic mass is 9.86. The number of Topliss-reactive ketones (excluding diaryl/α,β-unsaturated/α-hetero) is 1. The number of hydrogen-bond acceptors (Lipinski definition) is 9. The molecule has 3 aromatic rings. The first-order valence-electron chi connectivity index (χ1n) is 19.6. The summed E-state index contributed by atoms with van der Waals surface area (Å²) < 4.78 is 63.9. The summed E-state index contributed by atoms with van der Waals surface area (Å²) in [5.74, 6) is 0.762. The van der Waals surface area contributed by atoms with Crippen molar-refractivity contribution in [1.82, 2.24) is 4.98 Å². The maximum absolute atomic E-state index is 14.2. The van der Waals surface area contributed by atoms with Gasteiger partial charge in [-0.25, -0.2) is 9.37 Å². The Balaban J connectivity index is 0.000000312. The van der Waals surface area contributed by atoms with Crippen molar-refractivity contribution in [2.75, 3.05) is 33.3 Å². The van der Waals surface area contributed by atoms with Gasteiger partial charge in [-0.15, -0.1) is 8.78 Å².